The Kier molecular flexibility index (Phi) is 4.37. The summed E-state index contributed by atoms with van der Waals surface area (Å²) in [6, 6.07) is 7.48. The first-order chi connectivity index (χ1) is 11.1. The van der Waals surface area contributed by atoms with Crippen LogP contribution in [0.1, 0.15) is 31.2 Å². The zero-order chi connectivity index (χ0) is 16.4. The molecule has 2 aromatic rings. The highest BCUT2D eigenvalue weighted by atomic mass is 16.4. The Bertz CT molecular complexity index is 735. The molecule has 1 aromatic carbocycles. The van der Waals surface area contributed by atoms with E-state index in [2.05, 4.69) is 22.9 Å². The smallest absolute Gasteiger partial charge is 0.326 e. The number of piperidine rings is 1. The number of carboxylic acids is 1. The van der Waals surface area contributed by atoms with Gasteiger partial charge in [0.1, 0.15) is 6.04 Å². The molecular formula is C18H22N2O3. The van der Waals surface area contributed by atoms with Gasteiger partial charge >= 0.3 is 5.97 Å². The molecule has 1 fully saturated rings. The summed E-state index contributed by atoms with van der Waals surface area (Å²) in [5.41, 5.74) is 2.29. The average Bonchev–Trinajstić information content (AvgIpc) is 2.89. The monoisotopic (exact) mass is 314 g/mol. The van der Waals surface area contributed by atoms with Gasteiger partial charge in [0.15, 0.2) is 0 Å². The predicted octanol–water partition coefficient (Wildman–Crippen LogP) is 2.58. The fraction of sp³-hybridized carbons (Fsp3) is 0.444. The molecule has 1 aliphatic heterocycles. The highest BCUT2D eigenvalue weighted by Gasteiger charge is 2.31. The van der Waals surface area contributed by atoms with Crippen molar-refractivity contribution in [2.24, 2.45) is 7.05 Å². The Balaban J connectivity index is 1.71. The van der Waals surface area contributed by atoms with E-state index in [1.807, 2.05) is 19.2 Å². The fourth-order valence-electron chi connectivity index (χ4n) is 3.50. The van der Waals surface area contributed by atoms with Gasteiger partial charge < -0.3 is 14.6 Å². The van der Waals surface area contributed by atoms with Crippen LogP contribution in [-0.4, -0.2) is 39.0 Å². The fourth-order valence-corrected chi connectivity index (χ4v) is 3.50. The van der Waals surface area contributed by atoms with Gasteiger partial charge in [0.05, 0.1) is 0 Å². The molecule has 1 aromatic heterocycles. The van der Waals surface area contributed by atoms with Gasteiger partial charge in [-0.3, -0.25) is 4.79 Å². The molecule has 1 unspecified atom stereocenters. The lowest BCUT2D eigenvalue weighted by Crippen LogP contribution is -2.48. The van der Waals surface area contributed by atoms with Crippen molar-refractivity contribution in [2.45, 2.75) is 38.1 Å². The number of aliphatic carboxylic acids is 1. The molecule has 5 heteroatoms. The number of likely N-dealkylation sites (tertiary alicyclic amines) is 1. The van der Waals surface area contributed by atoms with Crippen molar-refractivity contribution in [1.82, 2.24) is 9.47 Å². The van der Waals surface area contributed by atoms with Gasteiger partial charge in [-0.15, -0.1) is 0 Å². The topological polar surface area (TPSA) is 62.5 Å². The number of aryl methyl sites for hydroxylation is 2. The average molecular weight is 314 g/mol. The van der Waals surface area contributed by atoms with Gasteiger partial charge in [-0.05, 0) is 37.3 Å². The Labute approximate surface area is 135 Å². The minimum atomic E-state index is -0.886. The summed E-state index contributed by atoms with van der Waals surface area (Å²) in [7, 11) is 2.00. The van der Waals surface area contributed by atoms with Crippen LogP contribution in [0.2, 0.25) is 0 Å². The Morgan fingerprint density at radius 3 is 2.83 bits per heavy atom. The van der Waals surface area contributed by atoms with E-state index in [-0.39, 0.29) is 5.91 Å². The highest BCUT2D eigenvalue weighted by Crippen LogP contribution is 2.23. The summed E-state index contributed by atoms with van der Waals surface area (Å²) in [6.07, 6.45) is 5.40. The molecule has 1 saturated heterocycles. The number of carboxylic acid groups (broad SMARTS) is 1. The number of hydrogen-bond acceptors (Lipinski definition) is 2. The molecule has 23 heavy (non-hydrogen) atoms. The molecule has 0 bridgehead atoms. The number of para-hydroxylation sites is 1. The minimum absolute atomic E-state index is 0.0509. The first-order valence-electron chi connectivity index (χ1n) is 8.13. The molecule has 1 atom stereocenters. The van der Waals surface area contributed by atoms with E-state index in [9.17, 15) is 14.7 Å². The van der Waals surface area contributed by atoms with E-state index >= 15 is 0 Å². The zero-order valence-electron chi connectivity index (χ0n) is 13.4. The van der Waals surface area contributed by atoms with E-state index in [4.69, 9.17) is 0 Å². The van der Waals surface area contributed by atoms with Crippen molar-refractivity contribution in [3.8, 4) is 0 Å². The van der Waals surface area contributed by atoms with Crippen molar-refractivity contribution in [1.29, 1.82) is 0 Å². The third kappa shape index (κ3) is 3.09. The Hall–Kier alpha value is -2.30. The van der Waals surface area contributed by atoms with Gasteiger partial charge in [0.2, 0.25) is 5.91 Å². The van der Waals surface area contributed by atoms with Crippen molar-refractivity contribution >= 4 is 22.8 Å². The van der Waals surface area contributed by atoms with Gasteiger partial charge in [-0.1, -0.05) is 18.2 Å². The Morgan fingerprint density at radius 1 is 1.26 bits per heavy atom. The molecule has 0 spiro atoms. The molecule has 3 rings (SSSR count). The molecule has 0 radical (unpaired) electrons. The third-order valence-electron chi connectivity index (χ3n) is 4.70. The van der Waals surface area contributed by atoms with Crippen molar-refractivity contribution in [3.05, 3.63) is 36.0 Å². The van der Waals surface area contributed by atoms with E-state index in [1.54, 1.807) is 4.90 Å². The van der Waals surface area contributed by atoms with E-state index in [0.717, 1.165) is 29.3 Å². The molecular weight excluding hydrogens is 292 g/mol. The molecule has 122 valence electrons. The van der Waals surface area contributed by atoms with Crippen LogP contribution in [0.3, 0.4) is 0 Å². The van der Waals surface area contributed by atoms with Gasteiger partial charge in [0.25, 0.3) is 0 Å². The molecule has 1 aliphatic rings. The standard InChI is InChI=1S/C18H22N2O3/c1-19-12-13(14-6-2-3-7-15(14)19)9-10-17(21)20-11-5-4-8-16(20)18(22)23/h2-3,6-7,12,16H,4-5,8-11H2,1H3,(H,22,23). The minimum Gasteiger partial charge on any atom is -0.480 e. The van der Waals surface area contributed by atoms with Crippen LogP contribution in [0.5, 0.6) is 0 Å². The lowest BCUT2D eigenvalue weighted by molar-refractivity contribution is -0.152. The number of carbonyl (C=O) groups is 2. The van der Waals surface area contributed by atoms with Gasteiger partial charge in [-0.2, -0.15) is 0 Å². The van der Waals surface area contributed by atoms with Crippen molar-refractivity contribution in [3.63, 3.8) is 0 Å². The first-order valence-corrected chi connectivity index (χ1v) is 8.13. The molecule has 2 heterocycles. The highest BCUT2D eigenvalue weighted by molar-refractivity contribution is 5.86. The first kappa shape index (κ1) is 15.6. The molecule has 1 amide bonds. The number of benzene rings is 1. The maximum absolute atomic E-state index is 12.5. The lowest BCUT2D eigenvalue weighted by Gasteiger charge is -2.33. The zero-order valence-corrected chi connectivity index (χ0v) is 13.4. The van der Waals surface area contributed by atoms with E-state index in [0.29, 0.717) is 25.8 Å². The second kappa shape index (κ2) is 6.44. The number of nitrogens with zero attached hydrogens (tertiary/aromatic N) is 2. The molecule has 5 nitrogen and oxygen atoms in total. The number of fused-ring (bicyclic) bond motifs is 1. The second-order valence-electron chi connectivity index (χ2n) is 6.22. The summed E-state index contributed by atoms with van der Waals surface area (Å²) in [6.45, 7) is 0.561. The van der Waals surface area contributed by atoms with Crippen LogP contribution in [-0.2, 0) is 23.1 Å². The number of carbonyl (C=O) groups excluding carboxylic acids is 1. The molecule has 0 aliphatic carbocycles. The number of amides is 1. The van der Waals surface area contributed by atoms with Crippen LogP contribution in [0.15, 0.2) is 30.5 Å². The van der Waals surface area contributed by atoms with Crippen molar-refractivity contribution < 1.29 is 14.7 Å². The predicted molar refractivity (Wildman–Crippen MR) is 88.2 cm³/mol. The second-order valence-corrected chi connectivity index (χ2v) is 6.22. The maximum Gasteiger partial charge on any atom is 0.326 e. The van der Waals surface area contributed by atoms with E-state index < -0.39 is 12.0 Å². The Morgan fingerprint density at radius 2 is 2.04 bits per heavy atom. The quantitative estimate of drug-likeness (QED) is 0.943. The number of rotatable bonds is 4. The maximum atomic E-state index is 12.5. The normalized spacial score (nSPS) is 18.3. The van der Waals surface area contributed by atoms with Crippen LogP contribution < -0.4 is 0 Å². The van der Waals surface area contributed by atoms with E-state index in [1.165, 1.54) is 0 Å². The van der Waals surface area contributed by atoms with Crippen LogP contribution in [0.25, 0.3) is 10.9 Å². The van der Waals surface area contributed by atoms with Crippen LogP contribution in [0.4, 0.5) is 0 Å². The van der Waals surface area contributed by atoms with Crippen molar-refractivity contribution in [2.75, 3.05) is 6.54 Å². The van der Waals surface area contributed by atoms with Crippen LogP contribution in [0, 0.1) is 0 Å². The summed E-state index contributed by atoms with van der Waals surface area (Å²) in [4.78, 5) is 25.4. The molecule has 1 N–H and O–H groups in total. The van der Waals surface area contributed by atoms with Crippen LogP contribution >= 0.6 is 0 Å². The summed E-state index contributed by atoms with van der Waals surface area (Å²) < 4.78 is 2.07. The number of aromatic nitrogens is 1. The largest absolute Gasteiger partial charge is 0.480 e. The summed E-state index contributed by atoms with van der Waals surface area (Å²) >= 11 is 0. The number of hydrogen-bond donors (Lipinski definition) is 1. The summed E-state index contributed by atoms with van der Waals surface area (Å²) in [5, 5.41) is 10.5. The van der Waals surface area contributed by atoms with Gasteiger partial charge in [0, 0.05) is 37.1 Å². The summed E-state index contributed by atoms with van der Waals surface area (Å²) in [5.74, 6) is -0.937. The lowest BCUT2D eigenvalue weighted by atomic mass is 10.0. The third-order valence-corrected chi connectivity index (χ3v) is 4.70. The SMILES string of the molecule is Cn1cc(CCC(=O)N2CCCCC2C(=O)O)c2ccccc21. The molecule has 0 saturated carbocycles. The van der Waals surface area contributed by atoms with Gasteiger partial charge in [-0.25, -0.2) is 4.79 Å².